The average molecular weight is 378 g/mol. The monoisotopic (exact) mass is 377 g/mol. The molecule has 1 amide bonds. The fourth-order valence-electron chi connectivity index (χ4n) is 2.12. The van der Waals surface area contributed by atoms with E-state index in [1.54, 1.807) is 42.5 Å². The molecule has 0 aliphatic rings. The first-order valence-electron chi connectivity index (χ1n) is 7.40. The molecule has 6 nitrogen and oxygen atoms in total. The van der Waals surface area contributed by atoms with Crippen molar-refractivity contribution in [1.82, 2.24) is 10.0 Å². The molecule has 8 heteroatoms. The number of nitrogens with one attached hydrogen (secondary N) is 2. The van der Waals surface area contributed by atoms with Crippen LogP contribution >= 0.6 is 11.6 Å². The molecule has 2 aromatic carbocycles. The minimum absolute atomic E-state index is 0.0521. The molecule has 2 rings (SSSR count). The van der Waals surface area contributed by atoms with Crippen molar-refractivity contribution in [2.45, 2.75) is 5.75 Å². The summed E-state index contributed by atoms with van der Waals surface area (Å²) in [6, 6.07) is 15.0. The van der Waals surface area contributed by atoms with Gasteiger partial charge in [0.05, 0.1) is 28.0 Å². The van der Waals surface area contributed by atoms with Gasteiger partial charge in [0.1, 0.15) is 0 Å². The third kappa shape index (κ3) is 5.87. The van der Waals surface area contributed by atoms with Crippen molar-refractivity contribution in [3.05, 3.63) is 70.2 Å². The number of carbonyl (C=O) groups excluding carboxylic acids is 1. The molecular formula is C17H16ClN3O3S. The summed E-state index contributed by atoms with van der Waals surface area (Å²) in [5, 5.41) is 11.8. The van der Waals surface area contributed by atoms with Crippen molar-refractivity contribution in [2.75, 3.05) is 13.1 Å². The second kappa shape index (κ2) is 8.62. The topological polar surface area (TPSA) is 99.1 Å². The van der Waals surface area contributed by atoms with Gasteiger partial charge in [-0.25, -0.2) is 13.1 Å². The summed E-state index contributed by atoms with van der Waals surface area (Å²) in [5.74, 6) is -0.604. The van der Waals surface area contributed by atoms with E-state index in [4.69, 9.17) is 16.9 Å². The van der Waals surface area contributed by atoms with Crippen LogP contribution in [0.3, 0.4) is 0 Å². The van der Waals surface area contributed by atoms with Crippen molar-refractivity contribution in [3.63, 3.8) is 0 Å². The highest BCUT2D eigenvalue weighted by Gasteiger charge is 2.12. The highest BCUT2D eigenvalue weighted by atomic mass is 35.5. The summed E-state index contributed by atoms with van der Waals surface area (Å²) in [5.41, 5.74) is 1.26. The smallest absolute Gasteiger partial charge is 0.252 e. The van der Waals surface area contributed by atoms with E-state index in [1.807, 2.05) is 6.07 Å². The molecule has 0 heterocycles. The van der Waals surface area contributed by atoms with E-state index in [-0.39, 0.29) is 24.7 Å². The third-order valence-corrected chi connectivity index (χ3v) is 4.95. The number of sulfonamides is 1. The molecule has 0 bridgehead atoms. The highest BCUT2D eigenvalue weighted by Crippen LogP contribution is 2.14. The van der Waals surface area contributed by atoms with Gasteiger partial charge in [-0.2, -0.15) is 5.26 Å². The maximum atomic E-state index is 12.0. The number of carbonyl (C=O) groups is 1. The van der Waals surface area contributed by atoms with Crippen LogP contribution in [-0.4, -0.2) is 27.4 Å². The lowest BCUT2D eigenvalue weighted by Gasteiger charge is -2.09. The number of amides is 1. The molecule has 0 saturated heterocycles. The Kier molecular flexibility index (Phi) is 6.53. The Morgan fingerprint density at radius 2 is 1.88 bits per heavy atom. The van der Waals surface area contributed by atoms with Crippen molar-refractivity contribution in [1.29, 1.82) is 5.26 Å². The normalized spacial score (nSPS) is 10.9. The number of hydrogen-bond donors (Lipinski definition) is 2. The lowest BCUT2D eigenvalue weighted by molar-refractivity contribution is 0.0954. The van der Waals surface area contributed by atoms with Crippen LogP contribution < -0.4 is 10.0 Å². The summed E-state index contributed by atoms with van der Waals surface area (Å²) >= 11 is 5.92. The van der Waals surface area contributed by atoms with Crippen LogP contribution in [0.4, 0.5) is 0 Å². The van der Waals surface area contributed by atoms with Gasteiger partial charge in [-0.15, -0.1) is 0 Å². The molecule has 2 aromatic rings. The zero-order valence-electron chi connectivity index (χ0n) is 13.2. The molecule has 0 aliphatic carbocycles. The van der Waals surface area contributed by atoms with E-state index in [2.05, 4.69) is 10.0 Å². The molecule has 0 spiro atoms. The maximum absolute atomic E-state index is 12.0. The van der Waals surface area contributed by atoms with E-state index in [0.29, 0.717) is 21.7 Å². The van der Waals surface area contributed by atoms with E-state index in [9.17, 15) is 13.2 Å². The highest BCUT2D eigenvalue weighted by molar-refractivity contribution is 7.88. The third-order valence-electron chi connectivity index (χ3n) is 3.26. The Bertz CT molecular complexity index is 907. The standard InChI is InChI=1S/C17H16ClN3O3S/c18-16-7-2-1-6-15(16)17(22)20-8-9-21-25(23,24)12-14-5-3-4-13(10-14)11-19/h1-7,10,21H,8-9,12H2,(H,20,22). The van der Waals surface area contributed by atoms with Gasteiger partial charge >= 0.3 is 0 Å². The second-order valence-electron chi connectivity index (χ2n) is 5.20. The van der Waals surface area contributed by atoms with E-state index < -0.39 is 10.0 Å². The molecule has 0 aromatic heterocycles. The Labute approximate surface area is 151 Å². The predicted octanol–water partition coefficient (Wildman–Crippen LogP) is 2.06. The van der Waals surface area contributed by atoms with Gasteiger partial charge < -0.3 is 5.32 Å². The van der Waals surface area contributed by atoms with Crippen LogP contribution in [0.2, 0.25) is 5.02 Å². The predicted molar refractivity (Wildman–Crippen MR) is 95.6 cm³/mol. The van der Waals surface area contributed by atoms with Crippen molar-refractivity contribution in [3.8, 4) is 6.07 Å². The largest absolute Gasteiger partial charge is 0.351 e. The molecule has 130 valence electrons. The Hall–Kier alpha value is -2.40. The van der Waals surface area contributed by atoms with Crippen molar-refractivity contribution >= 4 is 27.5 Å². The van der Waals surface area contributed by atoms with Gasteiger partial charge in [0.15, 0.2) is 0 Å². The molecule has 0 fully saturated rings. The van der Waals surface area contributed by atoms with Gasteiger partial charge in [0.25, 0.3) is 5.91 Å². The van der Waals surface area contributed by atoms with Crippen LogP contribution in [0.25, 0.3) is 0 Å². The van der Waals surface area contributed by atoms with Crippen LogP contribution in [0.15, 0.2) is 48.5 Å². The summed E-state index contributed by atoms with van der Waals surface area (Å²) in [7, 11) is -3.57. The fourth-order valence-corrected chi connectivity index (χ4v) is 3.48. The Balaban J connectivity index is 1.83. The van der Waals surface area contributed by atoms with Crippen molar-refractivity contribution in [2.24, 2.45) is 0 Å². The quantitative estimate of drug-likeness (QED) is 0.721. The number of nitriles is 1. The van der Waals surface area contributed by atoms with E-state index in [0.717, 1.165) is 0 Å². The lowest BCUT2D eigenvalue weighted by atomic mass is 10.2. The molecule has 0 radical (unpaired) electrons. The first-order valence-corrected chi connectivity index (χ1v) is 9.43. The number of nitrogens with zero attached hydrogens (tertiary/aromatic N) is 1. The van der Waals surface area contributed by atoms with Gasteiger partial charge in [-0.05, 0) is 29.8 Å². The number of rotatable bonds is 7. The van der Waals surface area contributed by atoms with Crippen LogP contribution in [0.1, 0.15) is 21.5 Å². The van der Waals surface area contributed by atoms with Gasteiger partial charge in [0, 0.05) is 13.1 Å². The molecule has 0 aliphatic heterocycles. The van der Waals surface area contributed by atoms with Crippen LogP contribution in [0.5, 0.6) is 0 Å². The summed E-state index contributed by atoms with van der Waals surface area (Å²) in [6.45, 7) is 0.179. The van der Waals surface area contributed by atoms with Gasteiger partial charge in [0.2, 0.25) is 10.0 Å². The zero-order chi connectivity index (χ0) is 18.3. The first kappa shape index (κ1) is 18.9. The lowest BCUT2D eigenvalue weighted by Crippen LogP contribution is -2.35. The molecule has 0 atom stereocenters. The van der Waals surface area contributed by atoms with Crippen LogP contribution in [0, 0.1) is 11.3 Å². The first-order chi connectivity index (χ1) is 11.9. The van der Waals surface area contributed by atoms with E-state index in [1.165, 1.54) is 6.07 Å². The minimum Gasteiger partial charge on any atom is -0.351 e. The fraction of sp³-hybridized carbons (Fsp3) is 0.176. The van der Waals surface area contributed by atoms with Crippen LogP contribution in [-0.2, 0) is 15.8 Å². The zero-order valence-corrected chi connectivity index (χ0v) is 14.8. The van der Waals surface area contributed by atoms with Gasteiger partial charge in [-0.3, -0.25) is 4.79 Å². The summed E-state index contributed by atoms with van der Waals surface area (Å²) in [6.07, 6.45) is 0. The number of halogens is 1. The Morgan fingerprint density at radius 3 is 2.60 bits per heavy atom. The average Bonchev–Trinajstić information content (AvgIpc) is 2.58. The Morgan fingerprint density at radius 1 is 1.12 bits per heavy atom. The molecular weight excluding hydrogens is 362 g/mol. The van der Waals surface area contributed by atoms with E-state index >= 15 is 0 Å². The van der Waals surface area contributed by atoms with Crippen molar-refractivity contribution < 1.29 is 13.2 Å². The SMILES string of the molecule is N#Cc1cccc(CS(=O)(=O)NCCNC(=O)c2ccccc2Cl)c1. The molecule has 0 saturated carbocycles. The number of benzene rings is 2. The summed E-state index contributed by atoms with van der Waals surface area (Å²) < 4.78 is 26.5. The number of hydrogen-bond acceptors (Lipinski definition) is 4. The molecule has 2 N–H and O–H groups in total. The second-order valence-corrected chi connectivity index (χ2v) is 7.42. The minimum atomic E-state index is -3.57. The molecule has 25 heavy (non-hydrogen) atoms. The summed E-state index contributed by atoms with van der Waals surface area (Å²) in [4.78, 5) is 11.9. The maximum Gasteiger partial charge on any atom is 0.252 e. The van der Waals surface area contributed by atoms with Gasteiger partial charge in [-0.1, -0.05) is 35.9 Å². The molecule has 0 unspecified atom stereocenters.